The number of carbonyl (C=O) groups excluding carboxylic acids is 2. The molecule has 0 aromatic heterocycles. The van der Waals surface area contributed by atoms with Crippen LogP contribution in [0.4, 0.5) is 0 Å². The van der Waals surface area contributed by atoms with Crippen molar-refractivity contribution in [2.75, 3.05) is 19.6 Å². The summed E-state index contributed by atoms with van der Waals surface area (Å²) < 4.78 is 0. The van der Waals surface area contributed by atoms with Crippen LogP contribution in [0.3, 0.4) is 0 Å². The van der Waals surface area contributed by atoms with Crippen molar-refractivity contribution in [1.82, 2.24) is 10.2 Å². The zero-order valence-electron chi connectivity index (χ0n) is 9.38. The first-order chi connectivity index (χ1) is 7.03. The molecule has 1 aliphatic heterocycles. The maximum Gasteiger partial charge on any atom is 0.243 e. The SMILES string of the molecule is CCC(N)(CC)C(=O)N1CCNC(=O)C1. The lowest BCUT2D eigenvalue weighted by Crippen LogP contribution is -2.59. The third-order valence-electron chi connectivity index (χ3n) is 3.01. The van der Waals surface area contributed by atoms with Crippen LogP contribution in [0.5, 0.6) is 0 Å². The highest BCUT2D eigenvalue weighted by Crippen LogP contribution is 2.15. The van der Waals surface area contributed by atoms with Gasteiger partial charge in [-0.1, -0.05) is 13.8 Å². The summed E-state index contributed by atoms with van der Waals surface area (Å²) in [6, 6.07) is 0. The molecule has 0 spiro atoms. The van der Waals surface area contributed by atoms with Crippen LogP contribution in [0.15, 0.2) is 0 Å². The number of hydrogen-bond acceptors (Lipinski definition) is 3. The number of nitrogens with one attached hydrogen (secondary N) is 1. The zero-order valence-corrected chi connectivity index (χ0v) is 9.38. The monoisotopic (exact) mass is 213 g/mol. The Bertz CT molecular complexity index is 261. The summed E-state index contributed by atoms with van der Waals surface area (Å²) in [5.74, 6) is -0.216. The van der Waals surface area contributed by atoms with Crippen LogP contribution < -0.4 is 11.1 Å². The van der Waals surface area contributed by atoms with Gasteiger partial charge in [0.25, 0.3) is 0 Å². The van der Waals surface area contributed by atoms with Gasteiger partial charge in [-0.25, -0.2) is 0 Å². The highest BCUT2D eigenvalue weighted by Gasteiger charge is 2.35. The highest BCUT2D eigenvalue weighted by atomic mass is 16.2. The minimum Gasteiger partial charge on any atom is -0.353 e. The van der Waals surface area contributed by atoms with Gasteiger partial charge in [0.15, 0.2) is 0 Å². The minimum atomic E-state index is -0.808. The molecule has 0 saturated carbocycles. The van der Waals surface area contributed by atoms with Gasteiger partial charge in [0.2, 0.25) is 11.8 Å². The Morgan fingerprint density at radius 2 is 2.13 bits per heavy atom. The van der Waals surface area contributed by atoms with E-state index in [4.69, 9.17) is 5.73 Å². The van der Waals surface area contributed by atoms with E-state index < -0.39 is 5.54 Å². The largest absolute Gasteiger partial charge is 0.353 e. The Morgan fingerprint density at radius 1 is 1.53 bits per heavy atom. The summed E-state index contributed by atoms with van der Waals surface area (Å²) in [5.41, 5.74) is 5.19. The average molecular weight is 213 g/mol. The Kier molecular flexibility index (Phi) is 3.68. The molecule has 3 N–H and O–H groups in total. The third kappa shape index (κ3) is 2.47. The van der Waals surface area contributed by atoms with Gasteiger partial charge in [-0.3, -0.25) is 9.59 Å². The van der Waals surface area contributed by atoms with Crippen molar-refractivity contribution in [1.29, 1.82) is 0 Å². The van der Waals surface area contributed by atoms with Crippen molar-refractivity contribution < 1.29 is 9.59 Å². The van der Waals surface area contributed by atoms with E-state index in [9.17, 15) is 9.59 Å². The lowest BCUT2D eigenvalue weighted by Gasteiger charge is -2.34. The summed E-state index contributed by atoms with van der Waals surface area (Å²) in [5, 5.41) is 2.68. The van der Waals surface area contributed by atoms with Crippen molar-refractivity contribution in [3.05, 3.63) is 0 Å². The second-order valence-electron chi connectivity index (χ2n) is 3.94. The normalized spacial score (nSPS) is 17.5. The number of amides is 2. The number of nitrogens with zero attached hydrogens (tertiary/aromatic N) is 1. The molecule has 1 heterocycles. The van der Waals surface area contributed by atoms with E-state index in [1.165, 1.54) is 0 Å². The molecule has 1 aliphatic rings. The van der Waals surface area contributed by atoms with E-state index in [0.717, 1.165) is 0 Å². The summed E-state index contributed by atoms with van der Waals surface area (Å²) in [4.78, 5) is 24.7. The minimum absolute atomic E-state index is 0.107. The fourth-order valence-electron chi connectivity index (χ4n) is 1.68. The summed E-state index contributed by atoms with van der Waals surface area (Å²) in [7, 11) is 0. The van der Waals surface area contributed by atoms with Crippen molar-refractivity contribution in [2.45, 2.75) is 32.2 Å². The molecule has 5 heteroatoms. The lowest BCUT2D eigenvalue weighted by atomic mass is 9.92. The number of carbonyl (C=O) groups is 2. The molecule has 0 aliphatic carbocycles. The molecular formula is C10H19N3O2. The molecule has 0 radical (unpaired) electrons. The van der Waals surface area contributed by atoms with Crippen molar-refractivity contribution in [2.24, 2.45) is 5.73 Å². The van der Waals surface area contributed by atoms with Crippen LogP contribution in [-0.2, 0) is 9.59 Å². The maximum absolute atomic E-state index is 12.0. The van der Waals surface area contributed by atoms with Crippen LogP contribution in [-0.4, -0.2) is 41.9 Å². The van der Waals surface area contributed by atoms with E-state index >= 15 is 0 Å². The van der Waals surface area contributed by atoms with Crippen molar-refractivity contribution >= 4 is 11.8 Å². The van der Waals surface area contributed by atoms with Crippen LogP contribution in [0.2, 0.25) is 0 Å². The zero-order chi connectivity index (χ0) is 11.5. The first-order valence-corrected chi connectivity index (χ1v) is 5.38. The first kappa shape index (κ1) is 12.0. The van der Waals surface area contributed by atoms with Crippen molar-refractivity contribution in [3.63, 3.8) is 0 Å². The predicted molar refractivity (Wildman–Crippen MR) is 57.1 cm³/mol. The maximum atomic E-state index is 12.0. The van der Waals surface area contributed by atoms with Crippen LogP contribution in [0.25, 0.3) is 0 Å². The number of hydrogen-bond donors (Lipinski definition) is 2. The van der Waals surface area contributed by atoms with Gasteiger partial charge in [0.05, 0.1) is 12.1 Å². The first-order valence-electron chi connectivity index (χ1n) is 5.38. The van der Waals surface area contributed by atoms with Gasteiger partial charge in [-0.2, -0.15) is 0 Å². The number of piperazine rings is 1. The molecule has 1 rings (SSSR count). The molecule has 0 atom stereocenters. The van der Waals surface area contributed by atoms with E-state index in [-0.39, 0.29) is 18.4 Å². The van der Waals surface area contributed by atoms with E-state index in [0.29, 0.717) is 25.9 Å². The highest BCUT2D eigenvalue weighted by molar-refractivity contribution is 5.90. The van der Waals surface area contributed by atoms with Crippen LogP contribution in [0, 0.1) is 0 Å². The summed E-state index contributed by atoms with van der Waals surface area (Å²) in [6.07, 6.45) is 1.20. The Balaban J connectivity index is 2.70. The topological polar surface area (TPSA) is 75.4 Å². The van der Waals surface area contributed by atoms with Gasteiger partial charge in [-0.05, 0) is 12.8 Å². The molecule has 2 amide bonds. The summed E-state index contributed by atoms with van der Waals surface area (Å²) in [6.45, 7) is 5.01. The van der Waals surface area contributed by atoms with Gasteiger partial charge >= 0.3 is 0 Å². The molecule has 1 saturated heterocycles. The molecule has 0 aromatic carbocycles. The Hall–Kier alpha value is -1.10. The lowest BCUT2D eigenvalue weighted by molar-refractivity contribution is -0.142. The Labute approximate surface area is 90.0 Å². The van der Waals surface area contributed by atoms with Crippen LogP contribution in [0.1, 0.15) is 26.7 Å². The third-order valence-corrected chi connectivity index (χ3v) is 3.01. The molecule has 1 fully saturated rings. The molecule has 86 valence electrons. The molecule has 0 unspecified atom stereocenters. The van der Waals surface area contributed by atoms with Gasteiger partial charge in [-0.15, -0.1) is 0 Å². The fourth-order valence-corrected chi connectivity index (χ4v) is 1.68. The number of rotatable bonds is 3. The van der Waals surface area contributed by atoms with E-state index in [1.54, 1.807) is 4.90 Å². The fraction of sp³-hybridized carbons (Fsp3) is 0.800. The second-order valence-corrected chi connectivity index (χ2v) is 3.94. The number of nitrogens with two attached hydrogens (primary N) is 1. The molecular weight excluding hydrogens is 194 g/mol. The van der Waals surface area contributed by atoms with Crippen LogP contribution >= 0.6 is 0 Å². The molecule has 5 nitrogen and oxygen atoms in total. The van der Waals surface area contributed by atoms with Gasteiger partial charge in [0.1, 0.15) is 0 Å². The molecule has 0 aromatic rings. The van der Waals surface area contributed by atoms with E-state index in [1.807, 2.05) is 13.8 Å². The predicted octanol–water partition coefficient (Wildman–Crippen LogP) is -0.538. The van der Waals surface area contributed by atoms with Gasteiger partial charge < -0.3 is 16.0 Å². The van der Waals surface area contributed by atoms with Crippen molar-refractivity contribution in [3.8, 4) is 0 Å². The second kappa shape index (κ2) is 4.61. The molecule has 0 bridgehead atoms. The van der Waals surface area contributed by atoms with Gasteiger partial charge in [0, 0.05) is 13.1 Å². The van der Waals surface area contributed by atoms with E-state index in [2.05, 4.69) is 5.32 Å². The summed E-state index contributed by atoms with van der Waals surface area (Å²) >= 11 is 0. The average Bonchev–Trinajstić information content (AvgIpc) is 2.27. The molecule has 15 heavy (non-hydrogen) atoms. The smallest absolute Gasteiger partial charge is 0.243 e. The Morgan fingerprint density at radius 3 is 2.60 bits per heavy atom. The standard InChI is InChI=1S/C10H19N3O2/c1-3-10(11,4-2)9(15)13-6-5-12-8(14)7-13/h3-7,11H2,1-2H3,(H,12,14). The quantitative estimate of drug-likeness (QED) is 0.661.